The van der Waals surface area contributed by atoms with E-state index in [0.29, 0.717) is 0 Å². The van der Waals surface area contributed by atoms with Crippen molar-refractivity contribution in [2.75, 3.05) is 0 Å². The predicted molar refractivity (Wildman–Crippen MR) is 134 cm³/mol. The molecule has 3 aromatic carbocycles. The Labute approximate surface area is 195 Å². The maximum absolute atomic E-state index is 10.4. The van der Waals surface area contributed by atoms with Gasteiger partial charge in [-0.1, -0.05) is 72.3 Å². The molecular weight excluding hydrogens is 414 g/mol. The molecule has 0 unspecified atom stereocenters. The molecule has 0 bridgehead atoms. The Morgan fingerprint density at radius 1 is 0.781 bits per heavy atom. The SMILES string of the molecule is CC(C)(O)c1ccccc1CCCc1cccc(CCc2ccc3ccc(Cl)cc3n2)c1. The summed E-state index contributed by atoms with van der Waals surface area (Å²) in [5, 5.41) is 12.3. The average Bonchev–Trinajstić information content (AvgIpc) is 2.77. The Balaban J connectivity index is 1.36. The summed E-state index contributed by atoms with van der Waals surface area (Å²) in [5.41, 5.74) is 6.20. The Bertz CT molecular complexity index is 1210. The molecule has 0 saturated heterocycles. The third-order valence-corrected chi connectivity index (χ3v) is 6.20. The summed E-state index contributed by atoms with van der Waals surface area (Å²) in [6.45, 7) is 3.71. The maximum Gasteiger partial charge on any atom is 0.0843 e. The zero-order valence-electron chi connectivity index (χ0n) is 18.8. The van der Waals surface area contributed by atoms with Crippen LogP contribution in [0.15, 0.2) is 78.9 Å². The number of hydrogen-bond acceptors (Lipinski definition) is 2. The van der Waals surface area contributed by atoms with Crippen LogP contribution in [0.25, 0.3) is 10.9 Å². The molecule has 2 nitrogen and oxygen atoms in total. The van der Waals surface area contributed by atoms with E-state index in [1.54, 1.807) is 0 Å². The Hall–Kier alpha value is -2.68. The minimum absolute atomic E-state index is 0.722. The van der Waals surface area contributed by atoms with Gasteiger partial charge < -0.3 is 5.11 Å². The lowest BCUT2D eigenvalue weighted by Crippen LogP contribution is -2.18. The standard InChI is InChI=1S/C29H30ClNO/c1-29(2,32)27-12-4-3-10-23(27)11-6-9-21-7-5-8-22(19-21)13-17-26-18-15-24-14-16-25(30)20-28(24)31-26/h3-5,7-8,10,12,14-16,18-20,32H,6,9,11,13,17H2,1-2H3. The van der Waals surface area contributed by atoms with Crippen molar-refractivity contribution < 1.29 is 5.11 Å². The molecule has 0 spiro atoms. The Morgan fingerprint density at radius 2 is 1.53 bits per heavy atom. The van der Waals surface area contributed by atoms with Crippen LogP contribution in [-0.2, 0) is 31.3 Å². The minimum atomic E-state index is -0.807. The number of halogens is 1. The summed E-state index contributed by atoms with van der Waals surface area (Å²) in [6.07, 6.45) is 4.93. The molecule has 3 heteroatoms. The van der Waals surface area contributed by atoms with Crippen LogP contribution in [0.2, 0.25) is 5.02 Å². The number of hydrogen-bond donors (Lipinski definition) is 1. The molecule has 1 N–H and O–H groups in total. The van der Waals surface area contributed by atoms with Crippen LogP contribution in [0, 0.1) is 0 Å². The molecule has 0 saturated carbocycles. The van der Waals surface area contributed by atoms with Crippen molar-refractivity contribution in [3.63, 3.8) is 0 Å². The van der Waals surface area contributed by atoms with Crippen LogP contribution >= 0.6 is 11.6 Å². The van der Waals surface area contributed by atoms with Crippen LogP contribution in [-0.4, -0.2) is 10.1 Å². The molecule has 4 rings (SSSR count). The van der Waals surface area contributed by atoms with Gasteiger partial charge in [0.05, 0.1) is 11.1 Å². The third-order valence-electron chi connectivity index (χ3n) is 5.96. The first-order chi connectivity index (χ1) is 15.4. The molecular formula is C29H30ClNO. The summed E-state index contributed by atoms with van der Waals surface area (Å²) in [5.74, 6) is 0. The maximum atomic E-state index is 10.4. The lowest BCUT2D eigenvalue weighted by atomic mass is 9.90. The van der Waals surface area contributed by atoms with Gasteiger partial charge in [-0.15, -0.1) is 0 Å². The molecule has 0 aliphatic heterocycles. The smallest absolute Gasteiger partial charge is 0.0843 e. The van der Waals surface area contributed by atoms with Crippen molar-refractivity contribution in [1.82, 2.24) is 4.98 Å². The van der Waals surface area contributed by atoms with E-state index >= 15 is 0 Å². The van der Waals surface area contributed by atoms with E-state index in [0.717, 1.165) is 59.3 Å². The van der Waals surface area contributed by atoms with Gasteiger partial charge >= 0.3 is 0 Å². The minimum Gasteiger partial charge on any atom is -0.386 e. The van der Waals surface area contributed by atoms with Crippen LogP contribution in [0.5, 0.6) is 0 Å². The fraction of sp³-hybridized carbons (Fsp3) is 0.276. The first kappa shape index (κ1) is 22.5. The second-order valence-corrected chi connectivity index (χ2v) is 9.47. The highest BCUT2D eigenvalue weighted by atomic mass is 35.5. The second kappa shape index (κ2) is 9.85. The molecule has 4 aromatic rings. The van der Waals surface area contributed by atoms with Crippen molar-refractivity contribution >= 4 is 22.5 Å². The largest absolute Gasteiger partial charge is 0.386 e. The van der Waals surface area contributed by atoms with E-state index in [1.165, 1.54) is 16.7 Å². The summed E-state index contributed by atoms with van der Waals surface area (Å²) >= 11 is 6.12. The lowest BCUT2D eigenvalue weighted by molar-refractivity contribution is 0.0776. The molecule has 0 atom stereocenters. The monoisotopic (exact) mass is 443 g/mol. The summed E-state index contributed by atoms with van der Waals surface area (Å²) in [4.78, 5) is 4.78. The molecule has 0 aliphatic carbocycles. The first-order valence-electron chi connectivity index (χ1n) is 11.3. The molecule has 0 radical (unpaired) electrons. The highest BCUT2D eigenvalue weighted by Crippen LogP contribution is 2.25. The van der Waals surface area contributed by atoms with Crippen LogP contribution in [0.1, 0.15) is 48.2 Å². The van der Waals surface area contributed by atoms with E-state index in [9.17, 15) is 5.11 Å². The quantitative estimate of drug-likeness (QED) is 0.315. The summed E-state index contributed by atoms with van der Waals surface area (Å²) < 4.78 is 0. The van der Waals surface area contributed by atoms with E-state index in [4.69, 9.17) is 16.6 Å². The fourth-order valence-corrected chi connectivity index (χ4v) is 4.47. The first-order valence-corrected chi connectivity index (χ1v) is 11.7. The fourth-order valence-electron chi connectivity index (χ4n) is 4.30. The molecule has 0 aliphatic rings. The van der Waals surface area contributed by atoms with Gasteiger partial charge in [-0.2, -0.15) is 0 Å². The number of pyridine rings is 1. The van der Waals surface area contributed by atoms with Gasteiger partial charge in [-0.05, 0) is 86.4 Å². The number of fused-ring (bicyclic) bond motifs is 1. The molecule has 0 amide bonds. The highest BCUT2D eigenvalue weighted by Gasteiger charge is 2.18. The lowest BCUT2D eigenvalue weighted by Gasteiger charge is -2.21. The number of benzene rings is 3. The zero-order valence-corrected chi connectivity index (χ0v) is 19.6. The zero-order chi connectivity index (χ0) is 22.6. The number of aryl methyl sites for hydroxylation is 4. The van der Waals surface area contributed by atoms with Gasteiger partial charge in [0.25, 0.3) is 0 Å². The van der Waals surface area contributed by atoms with Crippen molar-refractivity contribution in [3.05, 3.63) is 112 Å². The summed E-state index contributed by atoms with van der Waals surface area (Å²) in [7, 11) is 0. The van der Waals surface area contributed by atoms with Crippen molar-refractivity contribution in [3.8, 4) is 0 Å². The molecule has 1 heterocycles. The van der Waals surface area contributed by atoms with Crippen LogP contribution in [0.4, 0.5) is 0 Å². The van der Waals surface area contributed by atoms with Gasteiger partial charge in [0.1, 0.15) is 0 Å². The van der Waals surface area contributed by atoms with Gasteiger partial charge in [0.15, 0.2) is 0 Å². The third kappa shape index (κ3) is 5.76. The summed E-state index contributed by atoms with van der Waals surface area (Å²) in [6, 6.07) is 27.2. The van der Waals surface area contributed by atoms with Crippen LogP contribution in [0.3, 0.4) is 0 Å². The average molecular weight is 444 g/mol. The Kier molecular flexibility index (Phi) is 6.93. The number of aromatic nitrogens is 1. The topological polar surface area (TPSA) is 33.1 Å². The Morgan fingerprint density at radius 3 is 2.34 bits per heavy atom. The van der Waals surface area contributed by atoms with Gasteiger partial charge in [-0.25, -0.2) is 0 Å². The van der Waals surface area contributed by atoms with Crippen molar-refractivity contribution in [2.45, 2.75) is 51.6 Å². The van der Waals surface area contributed by atoms with Gasteiger partial charge in [0, 0.05) is 16.1 Å². The molecule has 164 valence electrons. The van der Waals surface area contributed by atoms with Gasteiger partial charge in [-0.3, -0.25) is 4.98 Å². The van der Waals surface area contributed by atoms with Crippen molar-refractivity contribution in [2.24, 2.45) is 0 Å². The molecule has 32 heavy (non-hydrogen) atoms. The normalized spacial score (nSPS) is 11.8. The molecule has 0 fully saturated rings. The van der Waals surface area contributed by atoms with E-state index in [-0.39, 0.29) is 0 Å². The molecule has 1 aromatic heterocycles. The van der Waals surface area contributed by atoms with E-state index in [1.807, 2.05) is 44.2 Å². The number of rotatable bonds is 8. The predicted octanol–water partition coefficient (Wildman–Crippen LogP) is 7.08. The van der Waals surface area contributed by atoms with Gasteiger partial charge in [0.2, 0.25) is 0 Å². The van der Waals surface area contributed by atoms with Crippen LogP contribution < -0.4 is 0 Å². The highest BCUT2D eigenvalue weighted by molar-refractivity contribution is 6.31. The van der Waals surface area contributed by atoms with Crippen molar-refractivity contribution in [1.29, 1.82) is 0 Å². The van der Waals surface area contributed by atoms with E-state index < -0.39 is 5.60 Å². The second-order valence-electron chi connectivity index (χ2n) is 9.03. The number of aliphatic hydroxyl groups is 1. The number of nitrogens with zero attached hydrogens (tertiary/aromatic N) is 1. The van der Waals surface area contributed by atoms with E-state index in [2.05, 4.69) is 48.5 Å².